The number of nitrogens with zero attached hydrogens (tertiary/aromatic N) is 7. The Kier molecular flexibility index (Phi) is 14.3. The van der Waals surface area contributed by atoms with Crippen LogP contribution in [0.3, 0.4) is 0 Å². The normalized spacial score (nSPS) is 20.3. The molecule has 0 radical (unpaired) electrons. The number of aromatic nitrogens is 4. The molecule has 4 fully saturated rings. The number of pyridine rings is 2. The summed E-state index contributed by atoms with van der Waals surface area (Å²) in [6.45, 7) is 17.7. The minimum Gasteiger partial charge on any atom is -0.444 e. The lowest BCUT2D eigenvalue weighted by atomic mass is 10.0. The maximum Gasteiger partial charge on any atom is 0.417 e. The maximum atomic E-state index is 14.1. The first-order valence-electron chi connectivity index (χ1n) is 23.5. The molecule has 19 heteroatoms. The fraction of sp³-hybridized carbons (Fsp3) is 0.442. The van der Waals surface area contributed by atoms with Gasteiger partial charge < -0.3 is 24.6 Å². The van der Waals surface area contributed by atoms with Crippen LogP contribution < -0.4 is 5.32 Å². The molecule has 13 nitrogen and oxygen atoms in total. The zero-order chi connectivity index (χ0) is 51.0. The second-order valence-corrected chi connectivity index (χ2v) is 20.6. The molecule has 4 saturated heterocycles. The average molecular weight is 989 g/mol. The van der Waals surface area contributed by atoms with Gasteiger partial charge in [-0.1, -0.05) is 36.4 Å². The van der Waals surface area contributed by atoms with Crippen molar-refractivity contribution in [2.45, 2.75) is 71.6 Å². The van der Waals surface area contributed by atoms with Gasteiger partial charge in [-0.15, -0.1) is 0 Å². The van der Waals surface area contributed by atoms with Crippen molar-refractivity contribution in [1.82, 2.24) is 38.8 Å². The number of carbonyl (C=O) groups is 3. The topological polar surface area (TPSA) is 126 Å². The van der Waals surface area contributed by atoms with Crippen LogP contribution in [0.1, 0.15) is 68.6 Å². The largest absolute Gasteiger partial charge is 0.444 e. The van der Waals surface area contributed by atoms with Crippen molar-refractivity contribution in [2.75, 3.05) is 52.4 Å². The lowest BCUT2D eigenvalue weighted by Gasteiger charge is -2.26. The fourth-order valence-corrected chi connectivity index (χ4v) is 9.76. The highest BCUT2D eigenvalue weighted by Crippen LogP contribution is 2.39. The number of halogens is 6. The first-order valence-corrected chi connectivity index (χ1v) is 23.5. The number of aldehydes is 1. The van der Waals surface area contributed by atoms with Gasteiger partial charge in [0.2, 0.25) is 0 Å². The lowest BCUT2D eigenvalue weighted by Crippen LogP contribution is -2.37. The van der Waals surface area contributed by atoms with Crippen molar-refractivity contribution in [1.29, 1.82) is 0 Å². The van der Waals surface area contributed by atoms with E-state index in [0.29, 0.717) is 71.8 Å². The Morgan fingerprint density at radius 3 is 1.52 bits per heavy atom. The third kappa shape index (κ3) is 12.0. The number of rotatable bonds is 5. The van der Waals surface area contributed by atoms with E-state index in [1.165, 1.54) is 24.4 Å². The molecule has 10 rings (SSSR count). The minimum absolute atomic E-state index is 0.156. The van der Waals surface area contributed by atoms with E-state index in [1.807, 2.05) is 64.6 Å². The third-order valence-corrected chi connectivity index (χ3v) is 13.0. The molecule has 4 atom stereocenters. The molecular weight excluding hydrogens is 931 g/mol. The Morgan fingerprint density at radius 2 is 1.07 bits per heavy atom. The molecule has 8 heterocycles. The van der Waals surface area contributed by atoms with Crippen LogP contribution in [0.5, 0.6) is 0 Å². The van der Waals surface area contributed by atoms with Crippen LogP contribution >= 0.6 is 0 Å². The second-order valence-electron chi connectivity index (χ2n) is 20.6. The lowest BCUT2D eigenvalue weighted by molar-refractivity contribution is -0.139. The van der Waals surface area contributed by atoms with E-state index in [2.05, 4.69) is 20.2 Å². The predicted octanol–water partition coefficient (Wildman–Crippen LogP) is 10.2. The van der Waals surface area contributed by atoms with Gasteiger partial charge in [0.1, 0.15) is 22.5 Å². The number of hydrogen-bond donors (Lipinski definition) is 1. The molecule has 4 aromatic heterocycles. The summed E-state index contributed by atoms with van der Waals surface area (Å²) in [5.74, 6) is 1.76. The molecule has 4 aliphatic heterocycles. The number of fused-ring (bicyclic) bond motifs is 4. The van der Waals surface area contributed by atoms with Crippen LogP contribution in [-0.2, 0) is 28.4 Å². The van der Waals surface area contributed by atoms with Crippen molar-refractivity contribution in [3.8, 4) is 22.5 Å². The van der Waals surface area contributed by atoms with Crippen LogP contribution in [0, 0.1) is 23.7 Å². The van der Waals surface area contributed by atoms with E-state index >= 15 is 0 Å². The van der Waals surface area contributed by atoms with Crippen LogP contribution in [0.4, 0.5) is 35.9 Å². The number of likely N-dealkylation sites (tertiary alicyclic amines) is 3. The number of alkyl halides is 6. The fourth-order valence-electron chi connectivity index (χ4n) is 9.76. The van der Waals surface area contributed by atoms with Crippen LogP contribution in [0.15, 0.2) is 97.6 Å². The van der Waals surface area contributed by atoms with Gasteiger partial charge in [0.15, 0.2) is 6.29 Å². The summed E-state index contributed by atoms with van der Waals surface area (Å²) in [6, 6.07) is 19.0. The highest BCUT2D eigenvalue weighted by Gasteiger charge is 2.44. The van der Waals surface area contributed by atoms with Crippen molar-refractivity contribution in [3.05, 3.63) is 120 Å². The molecule has 6 aromatic rings. The van der Waals surface area contributed by atoms with E-state index < -0.39 is 29.1 Å². The number of carbonyl (C=O) groups excluding carboxylic acids is 3. The van der Waals surface area contributed by atoms with Gasteiger partial charge >= 0.3 is 24.5 Å². The van der Waals surface area contributed by atoms with Gasteiger partial charge in [-0.3, -0.25) is 18.5 Å². The number of nitrogens with one attached hydrogen (secondary N) is 1. The molecule has 378 valence electrons. The summed E-state index contributed by atoms with van der Waals surface area (Å²) in [5.41, 5.74) is 0.705. The summed E-state index contributed by atoms with van der Waals surface area (Å²) in [5, 5.41) is 3.35. The Balaban J connectivity index is 0.000000159. The van der Waals surface area contributed by atoms with E-state index in [1.54, 1.807) is 62.6 Å². The summed E-state index contributed by atoms with van der Waals surface area (Å²) < 4.78 is 95.5. The number of amides is 2. The number of ether oxygens (including phenoxy) is 2. The van der Waals surface area contributed by atoms with Gasteiger partial charge in [0.25, 0.3) is 0 Å². The first kappa shape index (κ1) is 50.9. The summed E-state index contributed by atoms with van der Waals surface area (Å²) in [7, 11) is 0. The van der Waals surface area contributed by atoms with Gasteiger partial charge in [-0.05, 0) is 107 Å². The Hall–Kier alpha value is -6.47. The molecule has 0 bridgehead atoms. The molecule has 0 spiro atoms. The van der Waals surface area contributed by atoms with Crippen molar-refractivity contribution in [2.24, 2.45) is 23.7 Å². The second kappa shape index (κ2) is 20.0. The van der Waals surface area contributed by atoms with Crippen LogP contribution in [0.2, 0.25) is 0 Å². The van der Waals surface area contributed by atoms with Gasteiger partial charge in [0.05, 0.1) is 34.9 Å². The third-order valence-electron chi connectivity index (χ3n) is 13.0. The SMILES string of the molecule is CC(C)(C)OC(=O)N1CC2CN(Cc3ccc(-c4cnc5ccccn45)cc3C(F)(F)F)CC2C1.CC(C)(C)OC(=O)N1CC2CNCC2C1.O=Cc1ccc(-c2cnc3ccccn23)cc1C(F)(F)F. The quantitative estimate of drug-likeness (QED) is 0.133. The molecule has 4 aliphatic rings. The van der Waals surface area contributed by atoms with Crippen molar-refractivity contribution in [3.63, 3.8) is 0 Å². The highest BCUT2D eigenvalue weighted by atomic mass is 19.4. The Morgan fingerprint density at radius 1 is 0.620 bits per heavy atom. The number of hydrogen-bond acceptors (Lipinski definition) is 9. The zero-order valence-corrected chi connectivity index (χ0v) is 40.4. The molecule has 71 heavy (non-hydrogen) atoms. The molecular formula is C52H58F6N8O5. The average Bonchev–Trinajstić information content (AvgIpc) is 4.15. The van der Waals surface area contributed by atoms with Gasteiger partial charge in [-0.2, -0.15) is 26.3 Å². The molecule has 2 amide bonds. The highest BCUT2D eigenvalue weighted by molar-refractivity contribution is 5.80. The zero-order valence-electron chi connectivity index (χ0n) is 40.4. The molecule has 4 unspecified atom stereocenters. The number of benzene rings is 2. The van der Waals surface area contributed by atoms with Crippen LogP contribution in [-0.4, -0.2) is 116 Å². The molecule has 1 N–H and O–H groups in total. The summed E-state index contributed by atoms with van der Waals surface area (Å²) >= 11 is 0. The van der Waals surface area contributed by atoms with Crippen molar-refractivity contribution >= 4 is 29.8 Å². The van der Waals surface area contributed by atoms with Crippen molar-refractivity contribution < 1.29 is 50.2 Å². The predicted molar refractivity (Wildman–Crippen MR) is 254 cm³/mol. The standard InChI is InChI=1S/C26H29F3N4O2.C15H9F3N2O.C11H20N2O2/c1-25(2,3)35-24(34)32-15-19-13-31(14-20(19)16-32)12-18-8-7-17(10-21(18)26(27,28)29)22-11-30-23-6-4-5-9-33(22)23;16-15(17,18)12-7-10(4-5-11(12)9-21)13-8-19-14-3-1-2-6-20(13)14;1-11(2,3)15-10(14)13-6-8-4-12-5-9(8)7-13/h4-11,19-20H,12-16H2,1-3H3;1-9H;8-9,12H,4-7H2,1-3H3. The number of imidazole rings is 2. The van der Waals surface area contributed by atoms with Gasteiger partial charge in [-0.25, -0.2) is 19.6 Å². The Bertz CT molecular complexity index is 2860. The van der Waals surface area contributed by atoms with E-state index in [4.69, 9.17) is 9.47 Å². The molecule has 0 saturated carbocycles. The van der Waals surface area contributed by atoms with Crippen LogP contribution in [0.25, 0.3) is 33.8 Å². The smallest absolute Gasteiger partial charge is 0.417 e. The van der Waals surface area contributed by atoms with Gasteiger partial charge in [0, 0.05) is 88.0 Å². The van der Waals surface area contributed by atoms with E-state index in [-0.39, 0.29) is 53.6 Å². The summed E-state index contributed by atoms with van der Waals surface area (Å²) in [4.78, 5) is 49.0. The van der Waals surface area contributed by atoms with E-state index in [9.17, 15) is 40.7 Å². The van der Waals surface area contributed by atoms with E-state index in [0.717, 1.165) is 32.2 Å². The summed E-state index contributed by atoms with van der Waals surface area (Å²) in [6.07, 6.45) is -2.68. The monoisotopic (exact) mass is 988 g/mol. The minimum atomic E-state index is -4.58. The molecule has 0 aliphatic carbocycles. The maximum absolute atomic E-state index is 14.1. The first-order chi connectivity index (χ1) is 33.4. The Labute approximate surface area is 407 Å². The molecule has 2 aromatic carbocycles.